The average molecular weight is 344 g/mol. The highest BCUT2D eigenvalue weighted by molar-refractivity contribution is 6.27. The number of carboxylic acid groups (broad SMARTS) is 2. The van der Waals surface area contributed by atoms with E-state index in [1.54, 1.807) is 0 Å². The molecule has 0 heterocycles. The largest absolute Gasteiger partial charge is 0.473 e. The molecule has 0 aliphatic rings. The number of anilines is 1. The highest BCUT2D eigenvalue weighted by atomic mass is 16.4. The molecule has 2 aromatic rings. The molecule has 0 spiro atoms. The van der Waals surface area contributed by atoms with Crippen LogP contribution in [0.1, 0.15) is 11.1 Å². The summed E-state index contributed by atoms with van der Waals surface area (Å²) in [5.74, 6) is -3.65. The Labute approximate surface area is 147 Å². The molecule has 0 unspecified atom stereocenters. The molecule has 0 bridgehead atoms. The molecular weight excluding hydrogens is 320 g/mol. The van der Waals surface area contributed by atoms with Crippen molar-refractivity contribution in [2.24, 2.45) is 0 Å². The quantitative estimate of drug-likeness (QED) is 0.550. The number of rotatable bonds is 6. The van der Waals surface area contributed by atoms with Crippen molar-refractivity contribution < 1.29 is 19.8 Å². The number of carboxylic acids is 2. The van der Waals surface area contributed by atoms with Gasteiger partial charge in [-0.2, -0.15) is 0 Å². The van der Waals surface area contributed by atoms with Gasteiger partial charge in [-0.3, -0.25) is 0 Å². The van der Waals surface area contributed by atoms with E-state index in [2.05, 4.69) is 78.9 Å². The maximum atomic E-state index is 9.10. The van der Waals surface area contributed by atoms with E-state index in [-0.39, 0.29) is 0 Å². The topological polar surface area (TPSA) is 89.9 Å². The van der Waals surface area contributed by atoms with Crippen LogP contribution in [0, 0.1) is 0 Å². The zero-order valence-corrected chi connectivity index (χ0v) is 14.5. The van der Waals surface area contributed by atoms with E-state index in [0.29, 0.717) is 0 Å². The Hall–Kier alpha value is -2.86. The van der Waals surface area contributed by atoms with Gasteiger partial charge < -0.3 is 20.4 Å². The second kappa shape index (κ2) is 10.8. The number of benzene rings is 2. The second-order valence-corrected chi connectivity index (χ2v) is 5.58. The fourth-order valence-corrected chi connectivity index (χ4v) is 2.02. The van der Waals surface area contributed by atoms with Gasteiger partial charge in [0.25, 0.3) is 0 Å². The minimum atomic E-state index is -1.82. The van der Waals surface area contributed by atoms with Gasteiger partial charge in [0, 0.05) is 26.3 Å². The first kappa shape index (κ1) is 20.2. The van der Waals surface area contributed by atoms with Gasteiger partial charge in [0.2, 0.25) is 0 Å². The van der Waals surface area contributed by atoms with Crippen LogP contribution in [0.4, 0.5) is 5.69 Å². The van der Waals surface area contributed by atoms with Crippen molar-refractivity contribution in [2.75, 3.05) is 25.5 Å². The summed E-state index contributed by atoms with van der Waals surface area (Å²) in [4.78, 5) is 20.3. The van der Waals surface area contributed by atoms with Crippen LogP contribution in [-0.4, -0.2) is 42.8 Å². The van der Waals surface area contributed by atoms with Crippen molar-refractivity contribution >= 4 is 17.6 Å². The number of carbonyl (C=O) groups is 2. The van der Waals surface area contributed by atoms with Gasteiger partial charge in [-0.25, -0.2) is 9.59 Å². The first-order chi connectivity index (χ1) is 11.9. The van der Waals surface area contributed by atoms with Gasteiger partial charge in [0.05, 0.1) is 0 Å². The van der Waals surface area contributed by atoms with Crippen LogP contribution in [0.15, 0.2) is 54.6 Å². The Kier molecular flexibility index (Phi) is 8.74. The molecule has 0 atom stereocenters. The van der Waals surface area contributed by atoms with E-state index in [1.807, 2.05) is 0 Å². The lowest BCUT2D eigenvalue weighted by atomic mass is 10.1. The van der Waals surface area contributed by atoms with Gasteiger partial charge in [-0.05, 0) is 36.2 Å². The third-order valence-corrected chi connectivity index (χ3v) is 3.40. The number of hydrogen-bond acceptors (Lipinski definition) is 4. The maximum Gasteiger partial charge on any atom is 0.414 e. The van der Waals surface area contributed by atoms with Gasteiger partial charge in [-0.15, -0.1) is 0 Å². The van der Waals surface area contributed by atoms with Crippen molar-refractivity contribution in [3.05, 3.63) is 65.7 Å². The maximum absolute atomic E-state index is 9.10. The molecule has 2 aromatic carbocycles. The van der Waals surface area contributed by atoms with Crippen LogP contribution in [0.5, 0.6) is 0 Å². The Balaban J connectivity index is 0.000000450. The molecule has 0 saturated carbocycles. The highest BCUT2D eigenvalue weighted by Gasteiger charge is 2.04. The lowest BCUT2D eigenvalue weighted by Crippen LogP contribution is -2.16. The van der Waals surface area contributed by atoms with Gasteiger partial charge in [0.1, 0.15) is 0 Å². The molecule has 0 aromatic heterocycles. The van der Waals surface area contributed by atoms with Crippen molar-refractivity contribution in [1.29, 1.82) is 0 Å². The van der Waals surface area contributed by atoms with Crippen LogP contribution in [0.25, 0.3) is 0 Å². The SMILES string of the molecule is CN(C)c1ccc(CNCCc2ccccc2)cc1.O=C(O)C(=O)O. The number of nitrogens with one attached hydrogen (secondary N) is 1. The van der Waals surface area contributed by atoms with Crippen molar-refractivity contribution in [2.45, 2.75) is 13.0 Å². The standard InChI is InChI=1S/C17H22N2.C2H2O4/c1-19(2)17-10-8-16(9-11-17)14-18-13-12-15-6-4-3-5-7-15;3-1(4)2(5)6/h3-11,18H,12-14H2,1-2H3;(H,3,4)(H,5,6). The fourth-order valence-electron chi connectivity index (χ4n) is 2.02. The van der Waals surface area contributed by atoms with Gasteiger partial charge >= 0.3 is 11.9 Å². The summed E-state index contributed by atoms with van der Waals surface area (Å²) < 4.78 is 0. The summed E-state index contributed by atoms with van der Waals surface area (Å²) in [7, 11) is 4.13. The summed E-state index contributed by atoms with van der Waals surface area (Å²) in [5, 5.41) is 18.3. The number of aliphatic carboxylic acids is 2. The predicted molar refractivity (Wildman–Crippen MR) is 97.9 cm³/mol. The van der Waals surface area contributed by atoms with E-state index < -0.39 is 11.9 Å². The van der Waals surface area contributed by atoms with Crippen molar-refractivity contribution in [3.8, 4) is 0 Å². The summed E-state index contributed by atoms with van der Waals surface area (Å²) in [6, 6.07) is 19.3. The molecular formula is C19H24N2O4. The van der Waals surface area contributed by atoms with Crippen LogP contribution in [-0.2, 0) is 22.6 Å². The van der Waals surface area contributed by atoms with E-state index >= 15 is 0 Å². The van der Waals surface area contributed by atoms with E-state index in [1.165, 1.54) is 16.8 Å². The first-order valence-electron chi connectivity index (χ1n) is 7.87. The summed E-state index contributed by atoms with van der Waals surface area (Å²) in [6.07, 6.45) is 1.08. The van der Waals surface area contributed by atoms with E-state index in [0.717, 1.165) is 19.5 Å². The summed E-state index contributed by atoms with van der Waals surface area (Å²) >= 11 is 0. The lowest BCUT2D eigenvalue weighted by molar-refractivity contribution is -0.159. The molecule has 2 rings (SSSR count). The molecule has 25 heavy (non-hydrogen) atoms. The van der Waals surface area contributed by atoms with Crippen LogP contribution in [0.2, 0.25) is 0 Å². The minimum Gasteiger partial charge on any atom is -0.473 e. The van der Waals surface area contributed by atoms with Gasteiger partial charge in [-0.1, -0.05) is 42.5 Å². The third-order valence-electron chi connectivity index (χ3n) is 3.40. The monoisotopic (exact) mass is 344 g/mol. The number of nitrogens with zero attached hydrogens (tertiary/aromatic N) is 1. The zero-order chi connectivity index (χ0) is 18.7. The normalized spacial score (nSPS) is 9.68. The van der Waals surface area contributed by atoms with E-state index in [9.17, 15) is 0 Å². The molecule has 0 aliphatic heterocycles. The predicted octanol–water partition coefficient (Wildman–Crippen LogP) is 2.24. The molecule has 0 radical (unpaired) electrons. The third kappa shape index (κ3) is 8.53. The van der Waals surface area contributed by atoms with Crippen LogP contribution >= 0.6 is 0 Å². The smallest absolute Gasteiger partial charge is 0.414 e. The molecule has 0 amide bonds. The summed E-state index contributed by atoms with van der Waals surface area (Å²) in [5.41, 5.74) is 3.96. The fraction of sp³-hybridized carbons (Fsp3) is 0.263. The molecule has 0 fully saturated rings. The molecule has 6 nitrogen and oxygen atoms in total. The van der Waals surface area contributed by atoms with E-state index in [4.69, 9.17) is 19.8 Å². The minimum absolute atomic E-state index is 0.931. The Morgan fingerprint density at radius 3 is 1.92 bits per heavy atom. The van der Waals surface area contributed by atoms with Gasteiger partial charge in [0.15, 0.2) is 0 Å². The molecule has 6 heteroatoms. The molecule has 0 saturated heterocycles. The van der Waals surface area contributed by atoms with Crippen molar-refractivity contribution in [1.82, 2.24) is 5.32 Å². The first-order valence-corrected chi connectivity index (χ1v) is 7.87. The lowest BCUT2D eigenvalue weighted by Gasteiger charge is -2.13. The Morgan fingerprint density at radius 2 is 1.44 bits per heavy atom. The highest BCUT2D eigenvalue weighted by Crippen LogP contribution is 2.11. The van der Waals surface area contributed by atoms with Crippen molar-refractivity contribution in [3.63, 3.8) is 0 Å². The molecule has 134 valence electrons. The molecule has 3 N–H and O–H groups in total. The van der Waals surface area contributed by atoms with Crippen LogP contribution < -0.4 is 10.2 Å². The molecule has 0 aliphatic carbocycles. The Morgan fingerprint density at radius 1 is 0.880 bits per heavy atom. The second-order valence-electron chi connectivity index (χ2n) is 5.58. The zero-order valence-electron chi connectivity index (χ0n) is 14.5. The Bertz CT molecular complexity index is 643. The van der Waals surface area contributed by atoms with Crippen LogP contribution in [0.3, 0.4) is 0 Å². The number of hydrogen-bond donors (Lipinski definition) is 3. The summed E-state index contributed by atoms with van der Waals surface area (Å²) in [6.45, 7) is 1.94. The average Bonchev–Trinajstić information content (AvgIpc) is 2.60.